The number of amides is 2. The Hall–Kier alpha value is -2.17. The van der Waals surface area contributed by atoms with Gasteiger partial charge in [-0.3, -0.25) is 19.3 Å². The number of carbonyl (C=O) groups is 3. The molecule has 1 aromatic carbocycles. The lowest BCUT2D eigenvalue weighted by atomic mass is 9.47. The highest BCUT2D eigenvalue weighted by molar-refractivity contribution is 6.21. The van der Waals surface area contributed by atoms with Crippen LogP contribution >= 0.6 is 0 Å². The number of ether oxygens (including phenoxy) is 1. The lowest BCUT2D eigenvalue weighted by Gasteiger charge is -2.61. The second-order valence-corrected chi connectivity index (χ2v) is 9.30. The van der Waals surface area contributed by atoms with Crippen molar-refractivity contribution in [2.45, 2.75) is 57.5 Å². The average Bonchev–Trinajstić information content (AvgIpc) is 2.82. The van der Waals surface area contributed by atoms with Crippen molar-refractivity contribution in [3.05, 3.63) is 35.4 Å². The smallest absolute Gasteiger partial charge is 0.303 e. The molecule has 0 spiro atoms. The summed E-state index contributed by atoms with van der Waals surface area (Å²) in [5.41, 5.74) is 0.820. The van der Waals surface area contributed by atoms with Crippen LogP contribution in [0.15, 0.2) is 24.3 Å². The van der Waals surface area contributed by atoms with E-state index in [4.69, 9.17) is 4.74 Å². The van der Waals surface area contributed by atoms with Gasteiger partial charge in [-0.2, -0.15) is 0 Å². The molecule has 0 aromatic heterocycles. The van der Waals surface area contributed by atoms with Crippen LogP contribution in [0.4, 0.5) is 0 Å². The van der Waals surface area contributed by atoms with E-state index in [1.54, 1.807) is 24.3 Å². The number of fused-ring (bicyclic) bond motifs is 1. The summed E-state index contributed by atoms with van der Waals surface area (Å²) in [6.07, 6.45) is 7.17. The minimum atomic E-state index is -0.308. The molecule has 4 fully saturated rings. The first-order chi connectivity index (χ1) is 12.9. The molecule has 4 bridgehead atoms. The molecule has 1 aromatic rings. The zero-order valence-corrected chi connectivity index (χ0v) is 15.7. The van der Waals surface area contributed by atoms with Crippen molar-refractivity contribution in [2.75, 3.05) is 6.54 Å². The Balaban J connectivity index is 1.35. The molecule has 1 aliphatic heterocycles. The molecule has 2 unspecified atom stereocenters. The molecule has 2 amide bonds. The molecule has 0 saturated heterocycles. The van der Waals surface area contributed by atoms with Crippen molar-refractivity contribution in [1.29, 1.82) is 0 Å². The Bertz CT molecular complexity index is 795. The standard InChI is InChI=1S/C22H25NO4/c1-14(24)27-22-11-15-8-16(12-22)10-21(9-15,13-22)6-7-23-19(25)17-4-2-3-5-18(17)20(23)26/h2-5,15-16H,6-13H2,1H3. The van der Waals surface area contributed by atoms with Gasteiger partial charge in [-0.25, -0.2) is 0 Å². The van der Waals surface area contributed by atoms with E-state index in [2.05, 4.69) is 0 Å². The number of benzene rings is 1. The van der Waals surface area contributed by atoms with Crippen molar-refractivity contribution < 1.29 is 19.1 Å². The monoisotopic (exact) mass is 367 g/mol. The second kappa shape index (κ2) is 5.66. The van der Waals surface area contributed by atoms with Gasteiger partial charge in [-0.05, 0) is 74.3 Å². The van der Waals surface area contributed by atoms with Gasteiger partial charge in [0.2, 0.25) is 0 Å². The van der Waals surface area contributed by atoms with Gasteiger partial charge in [0.05, 0.1) is 11.1 Å². The number of hydrogen-bond donors (Lipinski definition) is 0. The van der Waals surface area contributed by atoms with Gasteiger partial charge >= 0.3 is 5.97 Å². The highest BCUT2D eigenvalue weighted by atomic mass is 16.6. The van der Waals surface area contributed by atoms with E-state index in [1.807, 2.05) is 0 Å². The van der Waals surface area contributed by atoms with Crippen molar-refractivity contribution >= 4 is 17.8 Å². The predicted octanol–water partition coefficient (Wildman–Crippen LogP) is 3.57. The van der Waals surface area contributed by atoms with E-state index in [0.717, 1.165) is 38.5 Å². The van der Waals surface area contributed by atoms with Crippen molar-refractivity contribution in [1.82, 2.24) is 4.90 Å². The molecule has 5 nitrogen and oxygen atoms in total. The van der Waals surface area contributed by atoms with Gasteiger partial charge in [-0.15, -0.1) is 0 Å². The Morgan fingerprint density at radius 2 is 1.67 bits per heavy atom. The zero-order chi connectivity index (χ0) is 18.8. The summed E-state index contributed by atoms with van der Waals surface area (Å²) < 4.78 is 5.85. The molecule has 0 radical (unpaired) electrons. The predicted molar refractivity (Wildman–Crippen MR) is 98.0 cm³/mol. The second-order valence-electron chi connectivity index (χ2n) is 9.30. The molecule has 2 atom stereocenters. The fourth-order valence-electron chi connectivity index (χ4n) is 6.87. The first-order valence-corrected chi connectivity index (χ1v) is 10.0. The summed E-state index contributed by atoms with van der Waals surface area (Å²) in [5.74, 6) is 0.679. The van der Waals surface area contributed by atoms with Crippen LogP contribution in [0.2, 0.25) is 0 Å². The van der Waals surface area contributed by atoms with E-state index in [-0.39, 0.29) is 28.8 Å². The number of carbonyl (C=O) groups excluding carboxylic acids is 3. The van der Waals surface area contributed by atoms with Gasteiger partial charge in [0, 0.05) is 13.5 Å². The Kier molecular flexibility index (Phi) is 3.56. The van der Waals surface area contributed by atoms with Crippen LogP contribution in [0.5, 0.6) is 0 Å². The summed E-state index contributed by atoms with van der Waals surface area (Å²) in [5, 5.41) is 0. The molecule has 5 heteroatoms. The fourth-order valence-corrected chi connectivity index (χ4v) is 6.87. The Morgan fingerprint density at radius 1 is 1.07 bits per heavy atom. The number of hydrogen-bond acceptors (Lipinski definition) is 4. The number of esters is 1. The molecule has 5 aliphatic rings. The molecule has 4 saturated carbocycles. The van der Waals surface area contributed by atoms with Crippen LogP contribution in [0.25, 0.3) is 0 Å². The van der Waals surface area contributed by atoms with E-state index in [9.17, 15) is 14.4 Å². The molecule has 6 rings (SSSR count). The summed E-state index contributed by atoms with van der Waals surface area (Å²) >= 11 is 0. The van der Waals surface area contributed by atoms with Crippen molar-refractivity contribution in [3.63, 3.8) is 0 Å². The first-order valence-electron chi connectivity index (χ1n) is 10.0. The van der Waals surface area contributed by atoms with E-state index in [0.29, 0.717) is 29.5 Å². The molecular weight excluding hydrogens is 342 g/mol. The average molecular weight is 367 g/mol. The fraction of sp³-hybridized carbons (Fsp3) is 0.591. The summed E-state index contributed by atoms with van der Waals surface area (Å²) in [6, 6.07) is 7.07. The largest absolute Gasteiger partial charge is 0.459 e. The van der Waals surface area contributed by atoms with Crippen LogP contribution in [-0.2, 0) is 9.53 Å². The number of nitrogens with zero attached hydrogens (tertiary/aromatic N) is 1. The summed E-state index contributed by atoms with van der Waals surface area (Å²) in [6.45, 7) is 1.96. The van der Waals surface area contributed by atoms with Gasteiger partial charge in [-0.1, -0.05) is 12.1 Å². The van der Waals surface area contributed by atoms with Gasteiger partial charge in [0.1, 0.15) is 5.60 Å². The molecular formula is C22H25NO4. The van der Waals surface area contributed by atoms with E-state index >= 15 is 0 Å². The van der Waals surface area contributed by atoms with Crippen molar-refractivity contribution in [3.8, 4) is 0 Å². The third-order valence-electron chi connectivity index (χ3n) is 7.23. The van der Waals surface area contributed by atoms with E-state index < -0.39 is 0 Å². The maximum Gasteiger partial charge on any atom is 0.303 e. The Labute approximate surface area is 159 Å². The van der Waals surface area contributed by atoms with Crippen LogP contribution in [0.3, 0.4) is 0 Å². The lowest BCUT2D eigenvalue weighted by Crippen LogP contribution is -2.57. The molecule has 1 heterocycles. The topological polar surface area (TPSA) is 63.7 Å². The molecule has 142 valence electrons. The summed E-state index contributed by atoms with van der Waals surface area (Å²) in [7, 11) is 0. The van der Waals surface area contributed by atoms with Crippen LogP contribution in [-0.4, -0.2) is 34.8 Å². The SMILES string of the molecule is CC(=O)OC12CC3CC(CC(CCN4C(=O)c5ccccc5C4=O)(C3)C1)C2. The quantitative estimate of drug-likeness (QED) is 0.603. The number of imide groups is 1. The molecule has 0 N–H and O–H groups in total. The van der Waals surface area contributed by atoms with Crippen molar-refractivity contribution in [2.24, 2.45) is 17.3 Å². The minimum absolute atomic E-state index is 0.0921. The third kappa shape index (κ3) is 2.62. The van der Waals surface area contributed by atoms with E-state index in [1.165, 1.54) is 18.2 Å². The highest BCUT2D eigenvalue weighted by Crippen LogP contribution is 2.64. The zero-order valence-electron chi connectivity index (χ0n) is 15.7. The van der Waals surface area contributed by atoms with Gasteiger partial charge < -0.3 is 4.74 Å². The third-order valence-corrected chi connectivity index (χ3v) is 7.23. The highest BCUT2D eigenvalue weighted by Gasteiger charge is 2.59. The summed E-state index contributed by atoms with van der Waals surface area (Å²) in [4.78, 5) is 38.4. The van der Waals surface area contributed by atoms with Gasteiger partial charge in [0.15, 0.2) is 0 Å². The molecule has 4 aliphatic carbocycles. The van der Waals surface area contributed by atoms with Crippen LogP contribution in [0, 0.1) is 17.3 Å². The normalized spacial score (nSPS) is 36.3. The Morgan fingerprint density at radius 3 is 2.22 bits per heavy atom. The van der Waals surface area contributed by atoms with Gasteiger partial charge in [0.25, 0.3) is 11.8 Å². The van der Waals surface area contributed by atoms with Crippen LogP contribution in [0.1, 0.15) is 72.6 Å². The van der Waals surface area contributed by atoms with Crippen LogP contribution < -0.4 is 0 Å². The first kappa shape index (κ1) is 17.0. The maximum absolute atomic E-state index is 12.7. The lowest BCUT2D eigenvalue weighted by molar-refractivity contribution is -0.200. The number of rotatable bonds is 4. The molecule has 27 heavy (non-hydrogen) atoms. The minimum Gasteiger partial charge on any atom is -0.459 e. The maximum atomic E-state index is 12.7.